The van der Waals surface area contributed by atoms with Crippen LogP contribution in [0.5, 0.6) is 0 Å². The van der Waals surface area contributed by atoms with Crippen molar-refractivity contribution in [1.82, 2.24) is 4.57 Å². The van der Waals surface area contributed by atoms with E-state index in [2.05, 4.69) is 276 Å². The molecule has 0 N–H and O–H groups in total. The van der Waals surface area contributed by atoms with Crippen molar-refractivity contribution >= 4 is 49.6 Å². The molecule has 0 spiro atoms. The number of fused-ring (bicyclic) bond motifs is 7. The van der Waals surface area contributed by atoms with Crippen molar-refractivity contribution in [2.45, 2.75) is 5.41 Å². The summed E-state index contributed by atoms with van der Waals surface area (Å²) in [4.78, 5) is 2.46. The molecule has 0 aliphatic heterocycles. The maximum atomic E-state index is 2.48. The van der Waals surface area contributed by atoms with E-state index in [4.69, 9.17) is 0 Å². The molecule has 1 heterocycles. The van der Waals surface area contributed by atoms with Gasteiger partial charge in [-0.2, -0.15) is 0 Å². The molecule has 1 aliphatic rings. The lowest BCUT2D eigenvalue weighted by molar-refractivity contribution is 0.769. The van der Waals surface area contributed by atoms with Gasteiger partial charge in [0.2, 0.25) is 0 Å². The number of rotatable bonds is 8. The second-order valence-electron chi connectivity index (χ2n) is 17.6. The number of aromatic nitrogens is 1. The molecule has 1 aromatic heterocycles. The van der Waals surface area contributed by atoms with E-state index in [0.717, 1.165) is 22.7 Å². The summed E-state index contributed by atoms with van der Waals surface area (Å²) in [6.45, 7) is 0. The zero-order chi connectivity index (χ0) is 44.3. The summed E-state index contributed by atoms with van der Waals surface area (Å²) in [7, 11) is 0. The maximum Gasteiger partial charge on any atom is 0.0714 e. The number of para-hydroxylation sites is 3. The molecule has 0 bridgehead atoms. The highest BCUT2D eigenvalue weighted by Crippen LogP contribution is 2.58. The summed E-state index contributed by atoms with van der Waals surface area (Å²) in [6.07, 6.45) is 0. The smallest absolute Gasteiger partial charge is 0.0714 e. The Bertz CT molecular complexity index is 3740. The first-order chi connectivity index (χ1) is 33.2. The highest BCUT2D eigenvalue weighted by molar-refractivity contribution is 6.10. The number of hydrogen-bond donors (Lipinski definition) is 0. The average molecular weight is 853 g/mol. The first-order valence-corrected chi connectivity index (χ1v) is 23.2. The standard InChI is InChI=1S/C65H44N2/c1-5-19-46(20-6-1)55-29-15-17-31-62(55)66(53-36-33-45(34-37-53)49-35-40-64-59(42-49)57-30-16-18-32-63(57)67(64)52-27-11-4-12-28-52)54-38-39-56-58-41-47-21-13-14-22-48(47)43-60(58)65(61(56)44-54,50-23-7-2-8-24-50)51-25-9-3-10-26-51/h1-44H. The monoisotopic (exact) mass is 852 g/mol. The van der Waals surface area contributed by atoms with Crippen LogP contribution >= 0.6 is 0 Å². The first-order valence-electron chi connectivity index (χ1n) is 23.2. The average Bonchev–Trinajstić information content (AvgIpc) is 3.89. The van der Waals surface area contributed by atoms with Crippen molar-refractivity contribution < 1.29 is 0 Å². The van der Waals surface area contributed by atoms with Crippen molar-refractivity contribution in [3.8, 4) is 39.1 Å². The third kappa shape index (κ3) is 6.18. The Morgan fingerprint density at radius 2 is 0.866 bits per heavy atom. The molecule has 11 aromatic carbocycles. The molecule has 314 valence electrons. The van der Waals surface area contributed by atoms with Crippen molar-refractivity contribution in [2.24, 2.45) is 0 Å². The van der Waals surface area contributed by atoms with Crippen LogP contribution in [0.25, 0.3) is 71.6 Å². The largest absolute Gasteiger partial charge is 0.310 e. The highest BCUT2D eigenvalue weighted by atomic mass is 15.1. The van der Waals surface area contributed by atoms with E-state index in [-0.39, 0.29) is 0 Å². The fourth-order valence-corrected chi connectivity index (χ4v) is 11.1. The maximum absolute atomic E-state index is 2.48. The predicted octanol–water partition coefficient (Wildman–Crippen LogP) is 17.1. The molecule has 0 fully saturated rings. The molecule has 0 atom stereocenters. The van der Waals surface area contributed by atoms with E-state index in [0.29, 0.717) is 0 Å². The summed E-state index contributed by atoms with van der Waals surface area (Å²) in [5.74, 6) is 0. The van der Waals surface area contributed by atoms with Gasteiger partial charge in [0.05, 0.1) is 22.1 Å². The number of benzene rings is 11. The lowest BCUT2D eigenvalue weighted by Gasteiger charge is -2.35. The Kier molecular flexibility index (Phi) is 9.11. The van der Waals surface area contributed by atoms with Crippen LogP contribution in [-0.2, 0) is 5.41 Å². The minimum Gasteiger partial charge on any atom is -0.310 e. The molecule has 0 saturated heterocycles. The Morgan fingerprint density at radius 3 is 1.60 bits per heavy atom. The summed E-state index contributed by atoms with van der Waals surface area (Å²) in [5, 5.41) is 4.97. The number of nitrogens with zero attached hydrogens (tertiary/aromatic N) is 2. The van der Waals surface area contributed by atoms with Crippen molar-refractivity contribution in [3.05, 3.63) is 289 Å². The van der Waals surface area contributed by atoms with Gasteiger partial charge >= 0.3 is 0 Å². The van der Waals surface area contributed by atoms with Gasteiger partial charge in [-0.15, -0.1) is 0 Å². The second kappa shape index (κ2) is 15.8. The minimum atomic E-state index is -0.565. The third-order valence-electron chi connectivity index (χ3n) is 14.0. The second-order valence-corrected chi connectivity index (χ2v) is 17.6. The quantitative estimate of drug-likeness (QED) is 0.148. The van der Waals surface area contributed by atoms with Gasteiger partial charge < -0.3 is 9.47 Å². The summed E-state index contributed by atoms with van der Waals surface area (Å²) in [5.41, 5.74) is 18.6. The summed E-state index contributed by atoms with van der Waals surface area (Å²) >= 11 is 0. The molecule has 0 amide bonds. The molecule has 13 rings (SSSR count). The third-order valence-corrected chi connectivity index (χ3v) is 14.0. The SMILES string of the molecule is c1ccc(-c2ccccc2N(c2ccc(-c3ccc4c(c3)c3ccccc3n4-c3ccccc3)cc2)c2ccc3c(c2)C(c2ccccc2)(c2ccccc2)c2cc4ccccc4cc2-3)cc1. The van der Waals surface area contributed by atoms with Gasteiger partial charge in [-0.1, -0.05) is 194 Å². The summed E-state index contributed by atoms with van der Waals surface area (Å²) < 4.78 is 2.38. The van der Waals surface area contributed by atoms with E-state index in [1.807, 2.05) is 0 Å². The molecule has 2 nitrogen and oxygen atoms in total. The van der Waals surface area contributed by atoms with Crippen LogP contribution in [0.4, 0.5) is 17.1 Å². The molecule has 1 aliphatic carbocycles. The Balaban J connectivity index is 1.01. The van der Waals surface area contributed by atoms with Crippen LogP contribution in [0.2, 0.25) is 0 Å². The van der Waals surface area contributed by atoms with Gasteiger partial charge in [-0.05, 0) is 134 Å². The van der Waals surface area contributed by atoms with Gasteiger partial charge in [-0.3, -0.25) is 0 Å². The van der Waals surface area contributed by atoms with Crippen LogP contribution in [0.15, 0.2) is 267 Å². The zero-order valence-corrected chi connectivity index (χ0v) is 36.8. The van der Waals surface area contributed by atoms with Crippen LogP contribution < -0.4 is 4.90 Å². The van der Waals surface area contributed by atoms with Gasteiger partial charge in [0.1, 0.15) is 0 Å². The minimum absolute atomic E-state index is 0.565. The van der Waals surface area contributed by atoms with E-state index in [1.54, 1.807) is 0 Å². The van der Waals surface area contributed by atoms with E-state index >= 15 is 0 Å². The van der Waals surface area contributed by atoms with Crippen LogP contribution in [0, 0.1) is 0 Å². The number of anilines is 3. The molecule has 0 saturated carbocycles. The highest BCUT2D eigenvalue weighted by Gasteiger charge is 2.46. The van der Waals surface area contributed by atoms with Gasteiger partial charge in [0.15, 0.2) is 0 Å². The summed E-state index contributed by atoms with van der Waals surface area (Å²) in [6, 6.07) is 98.2. The van der Waals surface area contributed by atoms with Crippen LogP contribution in [0.3, 0.4) is 0 Å². The van der Waals surface area contributed by atoms with Crippen LogP contribution in [-0.4, -0.2) is 4.57 Å². The van der Waals surface area contributed by atoms with Crippen molar-refractivity contribution in [1.29, 1.82) is 0 Å². The topological polar surface area (TPSA) is 8.17 Å². The number of hydrogen-bond acceptors (Lipinski definition) is 1. The molecule has 67 heavy (non-hydrogen) atoms. The van der Waals surface area contributed by atoms with Crippen LogP contribution in [0.1, 0.15) is 22.3 Å². The molecule has 12 aromatic rings. The lowest BCUT2D eigenvalue weighted by atomic mass is 9.67. The normalized spacial score (nSPS) is 12.6. The molecule has 0 unspecified atom stereocenters. The lowest BCUT2D eigenvalue weighted by Crippen LogP contribution is -2.28. The van der Waals surface area contributed by atoms with E-state index < -0.39 is 5.41 Å². The van der Waals surface area contributed by atoms with Gasteiger partial charge in [0, 0.05) is 33.4 Å². The van der Waals surface area contributed by atoms with E-state index in [9.17, 15) is 0 Å². The predicted molar refractivity (Wildman–Crippen MR) is 281 cm³/mol. The fourth-order valence-electron chi connectivity index (χ4n) is 11.1. The van der Waals surface area contributed by atoms with Gasteiger partial charge in [-0.25, -0.2) is 0 Å². The molecular formula is C65H44N2. The fraction of sp³-hybridized carbons (Fsp3) is 0.0154. The Morgan fingerprint density at radius 1 is 0.313 bits per heavy atom. The Labute approximate surface area is 390 Å². The first kappa shape index (κ1) is 38.7. The molecular weight excluding hydrogens is 809 g/mol. The molecule has 0 radical (unpaired) electrons. The van der Waals surface area contributed by atoms with Gasteiger partial charge in [0.25, 0.3) is 0 Å². The van der Waals surface area contributed by atoms with E-state index in [1.165, 1.54) is 88.2 Å². The van der Waals surface area contributed by atoms with Crippen molar-refractivity contribution in [2.75, 3.05) is 4.90 Å². The van der Waals surface area contributed by atoms with Crippen molar-refractivity contribution in [3.63, 3.8) is 0 Å². The zero-order valence-electron chi connectivity index (χ0n) is 36.8. The molecule has 2 heteroatoms. The Hall–Kier alpha value is -8.72.